The van der Waals surface area contributed by atoms with Gasteiger partial charge >= 0.3 is 0 Å². The van der Waals surface area contributed by atoms with E-state index in [0.29, 0.717) is 30.3 Å². The molecule has 5 nitrogen and oxygen atoms in total. The van der Waals surface area contributed by atoms with Gasteiger partial charge in [-0.05, 0) is 62.1 Å². The maximum Gasteiger partial charge on any atom is 0.253 e. The van der Waals surface area contributed by atoms with Gasteiger partial charge in [-0.15, -0.1) is 0 Å². The highest BCUT2D eigenvalue weighted by Gasteiger charge is 2.26. The first-order valence-corrected chi connectivity index (χ1v) is 10.0. The summed E-state index contributed by atoms with van der Waals surface area (Å²) in [6.07, 6.45) is 2.10. The van der Waals surface area contributed by atoms with E-state index >= 15 is 0 Å². The van der Waals surface area contributed by atoms with Crippen molar-refractivity contribution in [1.29, 1.82) is 0 Å². The van der Waals surface area contributed by atoms with Gasteiger partial charge in [0.2, 0.25) is 0 Å². The number of anilines is 1. The van der Waals surface area contributed by atoms with Crippen LogP contribution < -0.4 is 10.2 Å². The zero-order valence-electron chi connectivity index (χ0n) is 16.6. The van der Waals surface area contributed by atoms with Gasteiger partial charge in [0.1, 0.15) is 0 Å². The average molecular weight is 377 g/mol. The predicted octanol–water partition coefficient (Wildman–Crippen LogP) is 3.16. The Hall–Kier alpha value is -2.82. The number of amides is 2. The number of piperazine rings is 1. The summed E-state index contributed by atoms with van der Waals surface area (Å²) in [5, 5.41) is 2.98. The molecule has 28 heavy (non-hydrogen) atoms. The number of hydrogen-bond donors (Lipinski definition) is 1. The molecule has 5 heteroatoms. The van der Waals surface area contributed by atoms with Crippen molar-refractivity contribution in [1.82, 2.24) is 10.2 Å². The van der Waals surface area contributed by atoms with Crippen molar-refractivity contribution >= 4 is 17.5 Å². The highest BCUT2D eigenvalue weighted by atomic mass is 16.2. The third kappa shape index (κ3) is 3.88. The van der Waals surface area contributed by atoms with Crippen LogP contribution >= 0.6 is 0 Å². The molecule has 2 amide bonds. The van der Waals surface area contributed by atoms with Crippen LogP contribution in [0.4, 0.5) is 5.69 Å². The van der Waals surface area contributed by atoms with E-state index in [-0.39, 0.29) is 11.8 Å². The van der Waals surface area contributed by atoms with E-state index in [1.165, 1.54) is 16.8 Å². The van der Waals surface area contributed by atoms with Gasteiger partial charge in [-0.3, -0.25) is 9.59 Å². The topological polar surface area (TPSA) is 52.7 Å². The lowest BCUT2D eigenvalue weighted by atomic mass is 10.1. The molecule has 1 aliphatic carbocycles. The van der Waals surface area contributed by atoms with Gasteiger partial charge in [-0.1, -0.05) is 18.2 Å². The predicted molar refractivity (Wildman–Crippen MR) is 111 cm³/mol. The summed E-state index contributed by atoms with van der Waals surface area (Å²) in [6, 6.07) is 13.8. The minimum atomic E-state index is -0.0862. The standard InChI is InChI=1S/C23H27N3O2/c1-16-5-3-8-21(17(16)2)25-11-13-26(14-12-25)23(28)19-7-4-6-18(15-19)22(27)24-20-9-10-20/h3-8,15,20H,9-14H2,1-2H3,(H,24,27). The molecule has 4 rings (SSSR count). The van der Waals surface area contributed by atoms with Crippen molar-refractivity contribution in [2.75, 3.05) is 31.1 Å². The Morgan fingerprint density at radius 3 is 2.32 bits per heavy atom. The van der Waals surface area contributed by atoms with Crippen LogP contribution in [0.2, 0.25) is 0 Å². The van der Waals surface area contributed by atoms with E-state index in [1.54, 1.807) is 24.3 Å². The molecule has 2 aromatic rings. The number of nitrogens with one attached hydrogen (secondary N) is 1. The van der Waals surface area contributed by atoms with Crippen molar-refractivity contribution in [3.05, 3.63) is 64.7 Å². The molecule has 0 unspecified atom stereocenters. The molecule has 1 saturated carbocycles. The van der Waals surface area contributed by atoms with E-state index in [9.17, 15) is 9.59 Å². The lowest BCUT2D eigenvalue weighted by Crippen LogP contribution is -2.49. The zero-order chi connectivity index (χ0) is 19.7. The molecule has 0 aromatic heterocycles. The van der Waals surface area contributed by atoms with Gasteiger partial charge in [0.25, 0.3) is 11.8 Å². The summed E-state index contributed by atoms with van der Waals surface area (Å²) < 4.78 is 0. The first-order chi connectivity index (χ1) is 13.5. The first-order valence-electron chi connectivity index (χ1n) is 10.0. The van der Waals surface area contributed by atoms with Crippen LogP contribution in [0, 0.1) is 13.8 Å². The van der Waals surface area contributed by atoms with Gasteiger partial charge in [0, 0.05) is 49.0 Å². The van der Waals surface area contributed by atoms with E-state index < -0.39 is 0 Å². The lowest BCUT2D eigenvalue weighted by molar-refractivity contribution is 0.0746. The minimum Gasteiger partial charge on any atom is -0.368 e. The molecule has 1 N–H and O–H groups in total. The molecule has 146 valence electrons. The number of rotatable bonds is 4. The first kappa shape index (κ1) is 18.5. The number of carbonyl (C=O) groups is 2. The molecular weight excluding hydrogens is 350 g/mol. The second-order valence-corrected chi connectivity index (χ2v) is 7.83. The lowest BCUT2D eigenvalue weighted by Gasteiger charge is -2.37. The van der Waals surface area contributed by atoms with Gasteiger partial charge in [0.05, 0.1) is 0 Å². The molecule has 0 spiro atoms. The third-order valence-electron chi connectivity index (χ3n) is 5.77. The Morgan fingerprint density at radius 1 is 0.929 bits per heavy atom. The van der Waals surface area contributed by atoms with Crippen molar-refractivity contribution in [3.63, 3.8) is 0 Å². The maximum atomic E-state index is 12.9. The van der Waals surface area contributed by atoms with Crippen LogP contribution in [0.5, 0.6) is 0 Å². The smallest absolute Gasteiger partial charge is 0.253 e. The van der Waals surface area contributed by atoms with Gasteiger partial charge in [-0.2, -0.15) is 0 Å². The molecule has 2 aromatic carbocycles. The summed E-state index contributed by atoms with van der Waals surface area (Å²) in [5.41, 5.74) is 5.00. The SMILES string of the molecule is Cc1cccc(N2CCN(C(=O)c3cccc(C(=O)NC4CC4)c3)CC2)c1C. The normalized spacial score (nSPS) is 16.8. The van der Waals surface area contributed by atoms with Gasteiger partial charge < -0.3 is 15.1 Å². The fourth-order valence-electron chi connectivity index (χ4n) is 3.70. The maximum absolute atomic E-state index is 12.9. The third-order valence-corrected chi connectivity index (χ3v) is 5.77. The fourth-order valence-corrected chi connectivity index (χ4v) is 3.70. The number of benzene rings is 2. The summed E-state index contributed by atoms with van der Waals surface area (Å²) in [6.45, 7) is 7.29. The molecule has 1 saturated heterocycles. The fraction of sp³-hybridized carbons (Fsp3) is 0.391. The van der Waals surface area contributed by atoms with E-state index in [1.807, 2.05) is 4.90 Å². The van der Waals surface area contributed by atoms with Crippen LogP contribution in [0.15, 0.2) is 42.5 Å². The average Bonchev–Trinajstić information content (AvgIpc) is 3.54. The summed E-state index contributed by atoms with van der Waals surface area (Å²) >= 11 is 0. The van der Waals surface area contributed by atoms with Crippen LogP contribution in [0.3, 0.4) is 0 Å². The molecular formula is C23H27N3O2. The van der Waals surface area contributed by atoms with E-state index in [2.05, 4.69) is 42.3 Å². The van der Waals surface area contributed by atoms with Crippen molar-refractivity contribution in [2.24, 2.45) is 0 Å². The summed E-state index contributed by atoms with van der Waals surface area (Å²) in [5.74, 6) is -0.0846. The molecule has 2 aliphatic rings. The summed E-state index contributed by atoms with van der Waals surface area (Å²) in [4.78, 5) is 29.5. The van der Waals surface area contributed by atoms with Crippen molar-refractivity contribution in [2.45, 2.75) is 32.7 Å². The molecule has 0 bridgehead atoms. The van der Waals surface area contributed by atoms with Crippen molar-refractivity contribution in [3.8, 4) is 0 Å². The van der Waals surface area contributed by atoms with Crippen LogP contribution in [-0.2, 0) is 0 Å². The second-order valence-electron chi connectivity index (χ2n) is 7.83. The molecule has 2 fully saturated rings. The Kier molecular flexibility index (Phi) is 5.07. The summed E-state index contributed by atoms with van der Waals surface area (Å²) in [7, 11) is 0. The molecule has 1 aliphatic heterocycles. The van der Waals surface area contributed by atoms with Gasteiger partial charge in [-0.25, -0.2) is 0 Å². The Labute approximate surface area is 166 Å². The number of aryl methyl sites for hydroxylation is 1. The van der Waals surface area contributed by atoms with Crippen LogP contribution in [0.1, 0.15) is 44.7 Å². The number of carbonyl (C=O) groups excluding carboxylic acids is 2. The van der Waals surface area contributed by atoms with E-state index in [0.717, 1.165) is 25.9 Å². The van der Waals surface area contributed by atoms with Crippen LogP contribution in [0.25, 0.3) is 0 Å². The Morgan fingerprint density at radius 2 is 1.61 bits per heavy atom. The molecule has 0 radical (unpaired) electrons. The molecule has 1 heterocycles. The largest absolute Gasteiger partial charge is 0.368 e. The Bertz CT molecular complexity index is 896. The quantitative estimate of drug-likeness (QED) is 0.891. The second kappa shape index (κ2) is 7.66. The van der Waals surface area contributed by atoms with Crippen molar-refractivity contribution < 1.29 is 9.59 Å². The highest BCUT2D eigenvalue weighted by Crippen LogP contribution is 2.24. The number of hydrogen-bond acceptors (Lipinski definition) is 3. The molecule has 0 atom stereocenters. The van der Waals surface area contributed by atoms with Crippen LogP contribution in [-0.4, -0.2) is 48.9 Å². The monoisotopic (exact) mass is 377 g/mol. The Balaban J connectivity index is 1.41. The van der Waals surface area contributed by atoms with Gasteiger partial charge in [0.15, 0.2) is 0 Å². The highest BCUT2D eigenvalue weighted by molar-refractivity contribution is 6.00. The van der Waals surface area contributed by atoms with E-state index in [4.69, 9.17) is 0 Å². The number of nitrogens with zero attached hydrogens (tertiary/aromatic N) is 2. The zero-order valence-corrected chi connectivity index (χ0v) is 16.6. The minimum absolute atomic E-state index is 0.00156.